The van der Waals surface area contributed by atoms with E-state index in [0.29, 0.717) is 5.56 Å². The van der Waals surface area contributed by atoms with Crippen LogP contribution in [0.5, 0.6) is 0 Å². The van der Waals surface area contributed by atoms with Gasteiger partial charge in [0, 0.05) is 26.1 Å². The number of hydrogen-bond donors (Lipinski definition) is 2. The molecule has 0 aliphatic rings. The summed E-state index contributed by atoms with van der Waals surface area (Å²) in [5.74, 6) is -1.31. The first kappa shape index (κ1) is 19.0. The maximum absolute atomic E-state index is 12.8. The van der Waals surface area contributed by atoms with Crippen LogP contribution in [0.15, 0.2) is 24.3 Å². The molecular formula is C15H20F3N3O2. The lowest BCUT2D eigenvalue weighted by Crippen LogP contribution is -2.43. The third kappa shape index (κ3) is 5.55. The third-order valence-corrected chi connectivity index (χ3v) is 3.33. The molecule has 1 aromatic carbocycles. The minimum absolute atomic E-state index is 0.0890. The number of carbonyl (C=O) groups is 2. The van der Waals surface area contributed by atoms with Crippen molar-refractivity contribution in [3.8, 4) is 0 Å². The smallest absolute Gasteiger partial charge is 0.358 e. The predicted molar refractivity (Wildman–Crippen MR) is 79.1 cm³/mol. The SMILES string of the molecule is CNC(=O)CN(Cc1cccc(C(F)(F)F)c1)C(=O)C(C)CN. The molecule has 23 heavy (non-hydrogen) atoms. The van der Waals surface area contributed by atoms with Gasteiger partial charge in [0.15, 0.2) is 0 Å². The van der Waals surface area contributed by atoms with Gasteiger partial charge in [-0.15, -0.1) is 0 Å². The summed E-state index contributed by atoms with van der Waals surface area (Å²) in [5.41, 5.74) is 4.95. The number of rotatable bonds is 6. The van der Waals surface area contributed by atoms with E-state index in [1.807, 2.05) is 0 Å². The van der Waals surface area contributed by atoms with Gasteiger partial charge in [-0.1, -0.05) is 19.1 Å². The van der Waals surface area contributed by atoms with Crippen molar-refractivity contribution in [3.05, 3.63) is 35.4 Å². The van der Waals surface area contributed by atoms with Crippen molar-refractivity contribution in [1.82, 2.24) is 10.2 Å². The molecule has 128 valence electrons. The second-order valence-corrected chi connectivity index (χ2v) is 5.20. The predicted octanol–water partition coefficient (Wildman–Crippen LogP) is 1.37. The van der Waals surface area contributed by atoms with E-state index in [0.717, 1.165) is 12.1 Å². The number of amides is 2. The van der Waals surface area contributed by atoms with Crippen molar-refractivity contribution in [2.24, 2.45) is 11.7 Å². The molecule has 0 aliphatic heterocycles. The van der Waals surface area contributed by atoms with Gasteiger partial charge in [-0.25, -0.2) is 0 Å². The number of nitrogens with zero attached hydrogens (tertiary/aromatic N) is 1. The largest absolute Gasteiger partial charge is 0.416 e. The second-order valence-electron chi connectivity index (χ2n) is 5.20. The average molecular weight is 331 g/mol. The normalized spacial score (nSPS) is 12.6. The summed E-state index contributed by atoms with van der Waals surface area (Å²) < 4.78 is 38.3. The highest BCUT2D eigenvalue weighted by Crippen LogP contribution is 2.29. The average Bonchev–Trinajstić information content (AvgIpc) is 2.52. The minimum atomic E-state index is -4.46. The Morgan fingerprint density at radius 1 is 1.35 bits per heavy atom. The molecule has 1 unspecified atom stereocenters. The zero-order chi connectivity index (χ0) is 17.6. The van der Waals surface area contributed by atoms with Crippen LogP contribution < -0.4 is 11.1 Å². The van der Waals surface area contributed by atoms with Crippen LogP contribution in [0, 0.1) is 5.92 Å². The Kier molecular flexibility index (Phi) is 6.56. The number of benzene rings is 1. The van der Waals surface area contributed by atoms with Crippen molar-refractivity contribution in [1.29, 1.82) is 0 Å². The molecule has 1 atom stereocenters. The number of alkyl halides is 3. The van der Waals surface area contributed by atoms with Crippen LogP contribution in [0.3, 0.4) is 0 Å². The Morgan fingerprint density at radius 3 is 2.52 bits per heavy atom. The van der Waals surface area contributed by atoms with Gasteiger partial charge in [0.05, 0.1) is 12.1 Å². The Hall–Kier alpha value is -2.09. The van der Waals surface area contributed by atoms with Crippen LogP contribution in [-0.2, 0) is 22.3 Å². The van der Waals surface area contributed by atoms with Gasteiger partial charge < -0.3 is 16.0 Å². The number of carbonyl (C=O) groups excluding carboxylic acids is 2. The molecule has 0 saturated heterocycles. The van der Waals surface area contributed by atoms with Crippen LogP contribution in [0.1, 0.15) is 18.1 Å². The van der Waals surface area contributed by atoms with E-state index < -0.39 is 23.6 Å². The van der Waals surface area contributed by atoms with Crippen LogP contribution in [0.25, 0.3) is 0 Å². The molecule has 0 spiro atoms. The van der Waals surface area contributed by atoms with Crippen molar-refractivity contribution >= 4 is 11.8 Å². The van der Waals surface area contributed by atoms with E-state index in [1.54, 1.807) is 6.92 Å². The van der Waals surface area contributed by atoms with E-state index >= 15 is 0 Å². The summed E-state index contributed by atoms with van der Waals surface area (Å²) in [6.07, 6.45) is -4.46. The molecular weight excluding hydrogens is 311 g/mol. The van der Waals surface area contributed by atoms with E-state index in [2.05, 4.69) is 5.32 Å². The highest BCUT2D eigenvalue weighted by atomic mass is 19.4. The summed E-state index contributed by atoms with van der Waals surface area (Å²) in [5, 5.41) is 2.38. The molecule has 5 nitrogen and oxygen atoms in total. The summed E-state index contributed by atoms with van der Waals surface area (Å²) in [7, 11) is 1.42. The summed E-state index contributed by atoms with van der Waals surface area (Å²) in [6, 6.07) is 4.67. The first-order valence-electron chi connectivity index (χ1n) is 7.04. The van der Waals surface area contributed by atoms with Crippen LogP contribution in [0.4, 0.5) is 13.2 Å². The Morgan fingerprint density at radius 2 is 2.00 bits per heavy atom. The van der Waals surface area contributed by atoms with Gasteiger partial charge in [-0.05, 0) is 17.7 Å². The van der Waals surface area contributed by atoms with Gasteiger partial charge in [-0.3, -0.25) is 9.59 Å². The van der Waals surface area contributed by atoms with E-state index in [1.165, 1.54) is 24.1 Å². The van der Waals surface area contributed by atoms with Crippen molar-refractivity contribution in [3.63, 3.8) is 0 Å². The quantitative estimate of drug-likeness (QED) is 0.827. The number of nitrogens with two attached hydrogens (primary N) is 1. The minimum Gasteiger partial charge on any atom is -0.358 e. The van der Waals surface area contributed by atoms with Gasteiger partial charge in [0.25, 0.3) is 0 Å². The maximum atomic E-state index is 12.8. The fourth-order valence-corrected chi connectivity index (χ4v) is 1.94. The molecule has 0 bridgehead atoms. The number of nitrogens with one attached hydrogen (secondary N) is 1. The molecule has 0 heterocycles. The highest BCUT2D eigenvalue weighted by Gasteiger charge is 2.30. The first-order chi connectivity index (χ1) is 10.7. The Bertz CT molecular complexity index is 561. The molecule has 0 saturated carbocycles. The molecule has 0 fully saturated rings. The Balaban J connectivity index is 3.00. The fraction of sp³-hybridized carbons (Fsp3) is 0.467. The van der Waals surface area contributed by atoms with Crippen LogP contribution in [-0.4, -0.2) is 36.9 Å². The number of hydrogen-bond acceptors (Lipinski definition) is 3. The molecule has 1 aromatic rings. The zero-order valence-corrected chi connectivity index (χ0v) is 13.0. The van der Waals surface area contributed by atoms with E-state index in [-0.39, 0.29) is 25.5 Å². The lowest BCUT2D eigenvalue weighted by atomic mass is 10.1. The number of likely N-dealkylation sites (N-methyl/N-ethyl adjacent to an activating group) is 1. The maximum Gasteiger partial charge on any atom is 0.416 e. The molecule has 1 rings (SSSR count). The van der Waals surface area contributed by atoms with Crippen molar-refractivity contribution < 1.29 is 22.8 Å². The lowest BCUT2D eigenvalue weighted by molar-refractivity contribution is -0.139. The van der Waals surface area contributed by atoms with E-state index in [4.69, 9.17) is 5.73 Å². The first-order valence-corrected chi connectivity index (χ1v) is 7.04. The van der Waals surface area contributed by atoms with E-state index in [9.17, 15) is 22.8 Å². The molecule has 0 aliphatic carbocycles. The van der Waals surface area contributed by atoms with Gasteiger partial charge in [-0.2, -0.15) is 13.2 Å². The molecule has 0 aromatic heterocycles. The monoisotopic (exact) mass is 331 g/mol. The van der Waals surface area contributed by atoms with Crippen molar-refractivity contribution in [2.45, 2.75) is 19.6 Å². The topological polar surface area (TPSA) is 75.4 Å². The highest BCUT2D eigenvalue weighted by molar-refractivity contribution is 5.85. The van der Waals surface area contributed by atoms with Gasteiger partial charge >= 0.3 is 6.18 Å². The van der Waals surface area contributed by atoms with Gasteiger partial charge in [0.2, 0.25) is 11.8 Å². The Labute approximate surface area is 132 Å². The summed E-state index contributed by atoms with van der Waals surface area (Å²) in [4.78, 5) is 25.0. The summed E-state index contributed by atoms with van der Waals surface area (Å²) >= 11 is 0. The molecule has 8 heteroatoms. The lowest BCUT2D eigenvalue weighted by Gasteiger charge is -2.25. The third-order valence-electron chi connectivity index (χ3n) is 3.33. The molecule has 0 radical (unpaired) electrons. The molecule has 3 N–H and O–H groups in total. The van der Waals surface area contributed by atoms with Crippen molar-refractivity contribution in [2.75, 3.05) is 20.1 Å². The second kappa shape index (κ2) is 7.96. The fourth-order valence-electron chi connectivity index (χ4n) is 1.94. The molecule has 2 amide bonds. The number of halogens is 3. The van der Waals surface area contributed by atoms with Crippen LogP contribution in [0.2, 0.25) is 0 Å². The summed E-state index contributed by atoms with van der Waals surface area (Å²) in [6.45, 7) is 1.35. The standard InChI is InChI=1S/C15H20F3N3O2/c1-10(7-19)14(23)21(9-13(22)20-2)8-11-4-3-5-12(6-11)15(16,17)18/h3-6,10H,7-9,19H2,1-2H3,(H,20,22). The van der Waals surface area contributed by atoms with Crippen LogP contribution >= 0.6 is 0 Å². The zero-order valence-electron chi connectivity index (χ0n) is 13.0. The van der Waals surface area contributed by atoms with Gasteiger partial charge in [0.1, 0.15) is 0 Å².